The van der Waals surface area contributed by atoms with Crippen molar-refractivity contribution in [1.29, 1.82) is 0 Å². The Kier molecular flexibility index (Phi) is 5.99. The van der Waals surface area contributed by atoms with E-state index in [1.165, 1.54) is 0 Å². The number of nitrogens with zero attached hydrogens (tertiary/aromatic N) is 1. The van der Waals surface area contributed by atoms with Crippen molar-refractivity contribution in [1.82, 2.24) is 10.2 Å². The van der Waals surface area contributed by atoms with Crippen LogP contribution in [0.2, 0.25) is 0 Å². The van der Waals surface area contributed by atoms with Crippen LogP contribution in [0.5, 0.6) is 0 Å². The number of piperidine rings is 1. The van der Waals surface area contributed by atoms with Crippen LogP contribution in [0.4, 0.5) is 0 Å². The molecule has 2 aliphatic rings. The molecule has 0 aromatic carbocycles. The summed E-state index contributed by atoms with van der Waals surface area (Å²) in [4.78, 5) is 25.9. The molecule has 1 heterocycles. The van der Waals surface area contributed by atoms with Gasteiger partial charge in [0.1, 0.15) is 0 Å². The third-order valence-corrected chi connectivity index (χ3v) is 4.28. The molecule has 0 spiro atoms. The van der Waals surface area contributed by atoms with E-state index >= 15 is 0 Å². The van der Waals surface area contributed by atoms with Gasteiger partial charge in [-0.2, -0.15) is 0 Å². The normalized spacial score (nSPS) is 21.1. The van der Waals surface area contributed by atoms with Gasteiger partial charge in [-0.1, -0.05) is 0 Å². The molecule has 6 nitrogen and oxygen atoms in total. The molecule has 2 fully saturated rings. The number of carbonyl (C=O) groups excluding carboxylic acids is 2. The standard InChI is InChI=1S/C15H27N3O3/c1-21-10-2-3-13(16)14(19)17-12-6-8-18(9-7-12)15(20)11-4-5-11/h11-13H,2-10,16H2,1H3,(H,17,19). The first-order chi connectivity index (χ1) is 10.1. The number of carbonyl (C=O) groups is 2. The fourth-order valence-electron chi connectivity index (χ4n) is 2.72. The highest BCUT2D eigenvalue weighted by Crippen LogP contribution is 2.31. The average molecular weight is 297 g/mol. The predicted molar refractivity (Wildman–Crippen MR) is 79.6 cm³/mol. The average Bonchev–Trinajstić information content (AvgIpc) is 3.32. The van der Waals surface area contributed by atoms with E-state index in [0.717, 1.165) is 45.2 Å². The van der Waals surface area contributed by atoms with Crippen LogP contribution < -0.4 is 11.1 Å². The van der Waals surface area contributed by atoms with E-state index in [9.17, 15) is 9.59 Å². The predicted octanol–water partition coefficient (Wildman–Crippen LogP) is 0.258. The van der Waals surface area contributed by atoms with Gasteiger partial charge in [0.05, 0.1) is 6.04 Å². The fourth-order valence-corrected chi connectivity index (χ4v) is 2.72. The number of hydrogen-bond donors (Lipinski definition) is 2. The minimum Gasteiger partial charge on any atom is -0.385 e. The van der Waals surface area contributed by atoms with Gasteiger partial charge in [0.15, 0.2) is 0 Å². The van der Waals surface area contributed by atoms with E-state index in [0.29, 0.717) is 18.9 Å². The molecule has 1 unspecified atom stereocenters. The topological polar surface area (TPSA) is 84.7 Å². The second kappa shape index (κ2) is 7.75. The zero-order valence-electron chi connectivity index (χ0n) is 12.8. The Bertz CT molecular complexity index is 363. The lowest BCUT2D eigenvalue weighted by atomic mass is 10.0. The van der Waals surface area contributed by atoms with Crippen LogP contribution in [0.1, 0.15) is 38.5 Å². The van der Waals surface area contributed by atoms with Crippen molar-refractivity contribution in [3.8, 4) is 0 Å². The Morgan fingerprint density at radius 3 is 2.52 bits per heavy atom. The quantitative estimate of drug-likeness (QED) is 0.660. The molecule has 0 aromatic heterocycles. The Balaban J connectivity index is 1.65. The molecule has 1 aliphatic carbocycles. The molecule has 3 N–H and O–H groups in total. The van der Waals surface area contributed by atoms with Gasteiger partial charge in [0.25, 0.3) is 0 Å². The lowest BCUT2D eigenvalue weighted by molar-refractivity contribution is -0.133. The van der Waals surface area contributed by atoms with E-state index in [4.69, 9.17) is 10.5 Å². The zero-order chi connectivity index (χ0) is 15.2. The van der Waals surface area contributed by atoms with E-state index in [-0.39, 0.29) is 17.9 Å². The minimum absolute atomic E-state index is 0.0851. The van der Waals surface area contributed by atoms with Crippen molar-refractivity contribution in [2.45, 2.75) is 50.6 Å². The van der Waals surface area contributed by atoms with Crippen LogP contribution in [-0.2, 0) is 14.3 Å². The molecular weight excluding hydrogens is 270 g/mol. The molecule has 120 valence electrons. The van der Waals surface area contributed by atoms with Crippen LogP contribution in [0, 0.1) is 5.92 Å². The van der Waals surface area contributed by atoms with Crippen LogP contribution in [0.25, 0.3) is 0 Å². The van der Waals surface area contributed by atoms with Gasteiger partial charge < -0.3 is 20.7 Å². The molecule has 2 amide bonds. The van der Waals surface area contributed by atoms with Gasteiger partial charge in [-0.05, 0) is 38.5 Å². The van der Waals surface area contributed by atoms with Crippen LogP contribution >= 0.6 is 0 Å². The SMILES string of the molecule is COCCCC(N)C(=O)NC1CCN(C(=O)C2CC2)CC1. The number of nitrogens with two attached hydrogens (primary N) is 1. The first-order valence-electron chi connectivity index (χ1n) is 7.95. The van der Waals surface area contributed by atoms with E-state index < -0.39 is 6.04 Å². The Hall–Kier alpha value is -1.14. The van der Waals surface area contributed by atoms with Gasteiger partial charge in [0, 0.05) is 38.8 Å². The lowest BCUT2D eigenvalue weighted by Gasteiger charge is -2.33. The summed E-state index contributed by atoms with van der Waals surface area (Å²) in [5, 5.41) is 3.01. The molecule has 21 heavy (non-hydrogen) atoms. The largest absolute Gasteiger partial charge is 0.385 e. The van der Waals surface area contributed by atoms with E-state index in [1.807, 2.05) is 4.90 Å². The molecule has 1 atom stereocenters. The van der Waals surface area contributed by atoms with E-state index in [2.05, 4.69) is 5.32 Å². The molecule has 2 rings (SSSR count). The Morgan fingerprint density at radius 2 is 1.95 bits per heavy atom. The van der Waals surface area contributed by atoms with Gasteiger partial charge in [0.2, 0.25) is 11.8 Å². The Labute approximate surface area is 126 Å². The Morgan fingerprint density at radius 1 is 1.29 bits per heavy atom. The number of methoxy groups -OCH3 is 1. The summed E-state index contributed by atoms with van der Waals surface area (Å²) < 4.78 is 4.96. The smallest absolute Gasteiger partial charge is 0.237 e. The second-order valence-corrected chi connectivity index (χ2v) is 6.12. The van der Waals surface area contributed by atoms with Crippen molar-refractivity contribution in [2.24, 2.45) is 11.7 Å². The summed E-state index contributed by atoms with van der Waals surface area (Å²) in [6.45, 7) is 2.13. The first kappa shape index (κ1) is 16.2. The monoisotopic (exact) mass is 297 g/mol. The molecule has 0 bridgehead atoms. The highest BCUT2D eigenvalue weighted by molar-refractivity contribution is 5.82. The minimum atomic E-state index is -0.466. The summed E-state index contributed by atoms with van der Waals surface area (Å²) in [6, 6.07) is -0.319. The molecule has 1 aliphatic heterocycles. The summed E-state index contributed by atoms with van der Waals surface area (Å²) in [5.74, 6) is 0.500. The summed E-state index contributed by atoms with van der Waals surface area (Å²) in [7, 11) is 1.64. The number of likely N-dealkylation sites (tertiary alicyclic amines) is 1. The van der Waals surface area contributed by atoms with Crippen molar-refractivity contribution in [2.75, 3.05) is 26.8 Å². The van der Waals surface area contributed by atoms with E-state index in [1.54, 1.807) is 7.11 Å². The summed E-state index contributed by atoms with van der Waals surface area (Å²) in [6.07, 6.45) is 5.18. The van der Waals surface area contributed by atoms with Crippen molar-refractivity contribution in [3.63, 3.8) is 0 Å². The number of ether oxygens (including phenoxy) is 1. The zero-order valence-corrected chi connectivity index (χ0v) is 12.8. The number of rotatable bonds is 7. The molecule has 0 radical (unpaired) electrons. The van der Waals surface area contributed by atoms with Crippen LogP contribution in [0.3, 0.4) is 0 Å². The molecule has 0 aromatic rings. The van der Waals surface area contributed by atoms with Crippen molar-refractivity contribution in [3.05, 3.63) is 0 Å². The van der Waals surface area contributed by atoms with Crippen molar-refractivity contribution >= 4 is 11.8 Å². The maximum Gasteiger partial charge on any atom is 0.237 e. The highest BCUT2D eigenvalue weighted by Gasteiger charge is 2.35. The molecule has 6 heteroatoms. The number of nitrogens with one attached hydrogen (secondary N) is 1. The number of hydrogen-bond acceptors (Lipinski definition) is 4. The van der Waals surface area contributed by atoms with Crippen molar-refractivity contribution < 1.29 is 14.3 Å². The first-order valence-corrected chi connectivity index (χ1v) is 7.95. The maximum absolute atomic E-state index is 12.0. The van der Waals surface area contributed by atoms with Gasteiger partial charge in [-0.15, -0.1) is 0 Å². The number of amides is 2. The maximum atomic E-state index is 12.0. The van der Waals surface area contributed by atoms with Crippen LogP contribution in [0.15, 0.2) is 0 Å². The molecular formula is C15H27N3O3. The third kappa shape index (κ3) is 4.97. The van der Waals surface area contributed by atoms with Crippen LogP contribution in [-0.4, -0.2) is 55.6 Å². The molecule has 1 saturated carbocycles. The fraction of sp³-hybridized carbons (Fsp3) is 0.867. The third-order valence-electron chi connectivity index (χ3n) is 4.28. The highest BCUT2D eigenvalue weighted by atomic mass is 16.5. The summed E-state index contributed by atoms with van der Waals surface area (Å²) in [5.41, 5.74) is 5.87. The van der Waals surface area contributed by atoms with Gasteiger partial charge in [-0.3, -0.25) is 9.59 Å². The van der Waals surface area contributed by atoms with Gasteiger partial charge in [-0.25, -0.2) is 0 Å². The lowest BCUT2D eigenvalue weighted by Crippen LogP contribution is -2.50. The summed E-state index contributed by atoms with van der Waals surface area (Å²) >= 11 is 0. The second-order valence-electron chi connectivity index (χ2n) is 6.12. The molecule has 1 saturated heterocycles. The van der Waals surface area contributed by atoms with Gasteiger partial charge >= 0.3 is 0 Å².